The third kappa shape index (κ3) is 6.08. The van der Waals surface area contributed by atoms with Crippen LogP contribution >= 0.6 is 0 Å². The summed E-state index contributed by atoms with van der Waals surface area (Å²) in [5.74, 6) is 0.617. The summed E-state index contributed by atoms with van der Waals surface area (Å²) in [5.41, 5.74) is 2.50. The Kier molecular flexibility index (Phi) is 6.89. The molecule has 0 saturated heterocycles. The number of likely N-dealkylation sites (N-methyl/N-ethyl adjacent to an activating group) is 1. The van der Waals surface area contributed by atoms with E-state index in [9.17, 15) is 5.11 Å². The first-order chi connectivity index (χ1) is 9.02. The molecule has 19 heavy (non-hydrogen) atoms. The van der Waals surface area contributed by atoms with Crippen molar-refractivity contribution in [3.8, 4) is 0 Å². The van der Waals surface area contributed by atoms with Crippen LogP contribution in [-0.2, 0) is 6.42 Å². The molecule has 0 amide bonds. The van der Waals surface area contributed by atoms with Crippen molar-refractivity contribution in [1.82, 2.24) is 5.32 Å². The minimum atomic E-state index is -0.338. The van der Waals surface area contributed by atoms with Gasteiger partial charge in [0.05, 0.1) is 6.10 Å². The second-order valence-corrected chi connectivity index (χ2v) is 5.61. The highest BCUT2D eigenvalue weighted by Crippen LogP contribution is 2.14. The van der Waals surface area contributed by atoms with Gasteiger partial charge in [-0.25, -0.2) is 0 Å². The second kappa shape index (κ2) is 8.18. The van der Waals surface area contributed by atoms with E-state index in [4.69, 9.17) is 0 Å². The maximum Gasteiger partial charge on any atom is 0.0839 e. The summed E-state index contributed by atoms with van der Waals surface area (Å²) < 4.78 is 0. The summed E-state index contributed by atoms with van der Waals surface area (Å²) >= 11 is 0. The fourth-order valence-corrected chi connectivity index (χ4v) is 2.01. The maximum atomic E-state index is 9.99. The molecule has 0 aliphatic rings. The number of aryl methyl sites for hydroxylation is 1. The van der Waals surface area contributed by atoms with Crippen molar-refractivity contribution in [2.45, 2.75) is 33.3 Å². The molecule has 0 fully saturated rings. The van der Waals surface area contributed by atoms with Crippen LogP contribution in [0.3, 0.4) is 0 Å². The lowest BCUT2D eigenvalue weighted by atomic mass is 10.1. The Hall–Kier alpha value is -1.06. The summed E-state index contributed by atoms with van der Waals surface area (Å²) in [6.07, 6.45) is 0.723. The molecule has 0 bridgehead atoms. The zero-order valence-electron chi connectivity index (χ0n) is 12.7. The van der Waals surface area contributed by atoms with E-state index in [1.54, 1.807) is 0 Å². The van der Waals surface area contributed by atoms with Crippen molar-refractivity contribution in [1.29, 1.82) is 0 Å². The quantitative estimate of drug-likeness (QED) is 0.756. The number of rotatable bonds is 8. The fourth-order valence-electron chi connectivity index (χ4n) is 2.01. The van der Waals surface area contributed by atoms with Gasteiger partial charge in [0.25, 0.3) is 0 Å². The minimum absolute atomic E-state index is 0.338. The van der Waals surface area contributed by atoms with E-state index in [0.717, 1.165) is 18.7 Å². The van der Waals surface area contributed by atoms with Crippen LogP contribution in [0.4, 0.5) is 5.69 Å². The number of aliphatic hydroxyl groups is 1. The van der Waals surface area contributed by atoms with Gasteiger partial charge in [-0.1, -0.05) is 32.9 Å². The smallest absolute Gasteiger partial charge is 0.0839 e. The highest BCUT2D eigenvalue weighted by Gasteiger charge is 2.08. The standard InChI is InChI=1S/C16H28N2O/c1-5-14-6-8-15(9-7-14)18(4)12-16(19)11-17-10-13(2)3/h6-9,13,16-17,19H,5,10-12H2,1-4H3. The average Bonchev–Trinajstić information content (AvgIpc) is 2.38. The van der Waals surface area contributed by atoms with E-state index in [-0.39, 0.29) is 6.10 Å². The molecular formula is C16H28N2O. The van der Waals surface area contributed by atoms with Gasteiger partial charge in [-0.05, 0) is 36.6 Å². The van der Waals surface area contributed by atoms with Gasteiger partial charge in [-0.3, -0.25) is 0 Å². The predicted molar refractivity (Wildman–Crippen MR) is 82.8 cm³/mol. The fraction of sp³-hybridized carbons (Fsp3) is 0.625. The van der Waals surface area contributed by atoms with Crippen LogP contribution in [0.2, 0.25) is 0 Å². The van der Waals surface area contributed by atoms with Gasteiger partial charge in [0.2, 0.25) is 0 Å². The molecule has 0 aliphatic carbocycles. The Balaban J connectivity index is 2.38. The molecule has 2 N–H and O–H groups in total. The van der Waals surface area contributed by atoms with Crippen molar-refractivity contribution >= 4 is 5.69 Å². The lowest BCUT2D eigenvalue weighted by molar-refractivity contribution is 0.177. The number of nitrogens with one attached hydrogen (secondary N) is 1. The Bertz CT molecular complexity index is 348. The molecular weight excluding hydrogens is 236 g/mol. The zero-order valence-corrected chi connectivity index (χ0v) is 12.7. The van der Waals surface area contributed by atoms with Gasteiger partial charge in [0.15, 0.2) is 0 Å². The van der Waals surface area contributed by atoms with E-state index < -0.39 is 0 Å². The zero-order chi connectivity index (χ0) is 14.3. The molecule has 1 aromatic rings. The SMILES string of the molecule is CCc1ccc(N(C)CC(O)CNCC(C)C)cc1. The van der Waals surface area contributed by atoms with Crippen LogP contribution in [0.25, 0.3) is 0 Å². The topological polar surface area (TPSA) is 35.5 Å². The number of aliphatic hydroxyl groups excluding tert-OH is 1. The third-order valence-corrected chi connectivity index (χ3v) is 3.20. The molecule has 1 unspecified atom stereocenters. The van der Waals surface area contributed by atoms with Crippen molar-refractivity contribution in [3.63, 3.8) is 0 Å². The summed E-state index contributed by atoms with van der Waals surface area (Å²) in [4.78, 5) is 2.10. The lowest BCUT2D eigenvalue weighted by Gasteiger charge is -2.23. The van der Waals surface area contributed by atoms with Crippen LogP contribution in [-0.4, -0.2) is 37.9 Å². The first kappa shape index (κ1) is 16.0. The van der Waals surface area contributed by atoms with E-state index in [0.29, 0.717) is 19.0 Å². The molecule has 0 saturated carbocycles. The molecule has 0 radical (unpaired) electrons. The Morgan fingerprint density at radius 3 is 2.32 bits per heavy atom. The summed E-state index contributed by atoms with van der Waals surface area (Å²) in [6.45, 7) is 8.74. The maximum absolute atomic E-state index is 9.99. The van der Waals surface area contributed by atoms with E-state index in [1.165, 1.54) is 5.56 Å². The summed E-state index contributed by atoms with van der Waals surface area (Å²) in [5, 5.41) is 13.3. The number of hydrogen-bond donors (Lipinski definition) is 2. The first-order valence-electron chi connectivity index (χ1n) is 7.21. The molecule has 3 heteroatoms. The summed E-state index contributed by atoms with van der Waals surface area (Å²) in [6, 6.07) is 8.53. The van der Waals surface area contributed by atoms with Gasteiger partial charge in [-0.15, -0.1) is 0 Å². The molecule has 3 nitrogen and oxygen atoms in total. The van der Waals surface area contributed by atoms with E-state index in [1.807, 2.05) is 7.05 Å². The number of hydrogen-bond acceptors (Lipinski definition) is 3. The van der Waals surface area contributed by atoms with Crippen molar-refractivity contribution in [3.05, 3.63) is 29.8 Å². The largest absolute Gasteiger partial charge is 0.390 e. The van der Waals surface area contributed by atoms with Crippen LogP contribution in [0.1, 0.15) is 26.3 Å². The van der Waals surface area contributed by atoms with Gasteiger partial charge in [0, 0.05) is 25.8 Å². The minimum Gasteiger partial charge on any atom is -0.390 e. The number of anilines is 1. The monoisotopic (exact) mass is 264 g/mol. The van der Waals surface area contributed by atoms with Crippen molar-refractivity contribution in [2.24, 2.45) is 5.92 Å². The number of benzene rings is 1. The molecule has 0 aromatic heterocycles. The number of nitrogens with zero attached hydrogens (tertiary/aromatic N) is 1. The van der Waals surface area contributed by atoms with Gasteiger partial charge in [0.1, 0.15) is 0 Å². The van der Waals surface area contributed by atoms with Gasteiger partial charge in [-0.2, -0.15) is 0 Å². The normalized spacial score (nSPS) is 12.7. The third-order valence-electron chi connectivity index (χ3n) is 3.20. The van der Waals surface area contributed by atoms with Crippen LogP contribution in [0.5, 0.6) is 0 Å². The van der Waals surface area contributed by atoms with Gasteiger partial charge < -0.3 is 15.3 Å². The lowest BCUT2D eigenvalue weighted by Crippen LogP contribution is -2.37. The highest BCUT2D eigenvalue weighted by atomic mass is 16.3. The molecule has 1 atom stereocenters. The first-order valence-corrected chi connectivity index (χ1v) is 7.21. The molecule has 0 aliphatic heterocycles. The Morgan fingerprint density at radius 2 is 1.79 bits per heavy atom. The van der Waals surface area contributed by atoms with Crippen LogP contribution < -0.4 is 10.2 Å². The predicted octanol–water partition coefficient (Wildman–Crippen LogP) is 2.29. The van der Waals surface area contributed by atoms with Crippen molar-refractivity contribution < 1.29 is 5.11 Å². The Morgan fingerprint density at radius 1 is 1.16 bits per heavy atom. The van der Waals surface area contributed by atoms with Gasteiger partial charge >= 0.3 is 0 Å². The molecule has 1 rings (SSSR count). The molecule has 108 valence electrons. The molecule has 0 spiro atoms. The Labute approximate surface area is 117 Å². The summed E-state index contributed by atoms with van der Waals surface area (Å²) in [7, 11) is 2.02. The van der Waals surface area contributed by atoms with Crippen LogP contribution in [0, 0.1) is 5.92 Å². The van der Waals surface area contributed by atoms with Crippen molar-refractivity contribution in [2.75, 3.05) is 31.6 Å². The van der Waals surface area contributed by atoms with E-state index >= 15 is 0 Å². The molecule has 0 heterocycles. The highest BCUT2D eigenvalue weighted by molar-refractivity contribution is 5.46. The van der Waals surface area contributed by atoms with E-state index in [2.05, 4.69) is 55.3 Å². The molecule has 1 aromatic carbocycles. The second-order valence-electron chi connectivity index (χ2n) is 5.61. The average molecular weight is 264 g/mol. The van der Waals surface area contributed by atoms with Crippen LogP contribution in [0.15, 0.2) is 24.3 Å².